The largest absolute Gasteiger partial charge is 0.320 e. The van der Waals surface area contributed by atoms with Crippen molar-refractivity contribution in [2.45, 2.75) is 194 Å². The van der Waals surface area contributed by atoms with Crippen molar-refractivity contribution in [2.24, 2.45) is 0 Å². The minimum Gasteiger partial charge on any atom is -0.305 e. The predicted molar refractivity (Wildman–Crippen MR) is 152 cm³/mol. The fraction of sp³-hybridized carbons (Fsp3) is 1.00. The molecule has 3 nitrogen and oxygen atoms in total. The lowest BCUT2D eigenvalue weighted by Gasteiger charge is -2.29. The SMILES string of the molecule is CCCCCCCCCCCCC(C)(C)O[PH](=O)OC(C)(C)CCCCCCCCCCCC. The van der Waals surface area contributed by atoms with Crippen LogP contribution in [0.4, 0.5) is 0 Å². The van der Waals surface area contributed by atoms with Gasteiger partial charge in [-0.3, -0.25) is 4.57 Å². The molecule has 0 amide bonds. The summed E-state index contributed by atoms with van der Waals surface area (Å²) in [4.78, 5) is 0. The molecule has 0 unspecified atom stereocenters. The molecule has 0 bridgehead atoms. The maximum atomic E-state index is 12.6. The first-order valence-electron chi connectivity index (χ1n) is 15.1. The van der Waals surface area contributed by atoms with Crippen LogP contribution in [0, 0.1) is 0 Å². The van der Waals surface area contributed by atoms with E-state index in [1.54, 1.807) is 0 Å². The first-order chi connectivity index (χ1) is 16.2. The van der Waals surface area contributed by atoms with Gasteiger partial charge < -0.3 is 9.05 Å². The Morgan fingerprint density at radius 3 is 0.941 bits per heavy atom. The standard InChI is InChI=1S/C30H63O3P/c1-7-9-11-13-15-17-19-21-23-25-27-29(3,4)32-34(31)33-30(5,6)28-26-24-22-20-18-16-14-12-10-8-2/h34H,7-28H2,1-6H3. The molecule has 0 saturated heterocycles. The third-order valence-corrected chi connectivity index (χ3v) is 8.42. The Balaban J connectivity index is 3.79. The molecule has 4 heteroatoms. The molecule has 0 fully saturated rings. The number of rotatable bonds is 26. The highest BCUT2D eigenvalue weighted by atomic mass is 31.1. The van der Waals surface area contributed by atoms with Gasteiger partial charge in [0.05, 0.1) is 11.2 Å². The van der Waals surface area contributed by atoms with E-state index in [2.05, 4.69) is 41.5 Å². The van der Waals surface area contributed by atoms with Gasteiger partial charge in [-0.05, 0) is 40.5 Å². The molecule has 0 aromatic carbocycles. The van der Waals surface area contributed by atoms with Gasteiger partial charge in [-0.2, -0.15) is 0 Å². The van der Waals surface area contributed by atoms with Crippen LogP contribution in [0.3, 0.4) is 0 Å². The summed E-state index contributed by atoms with van der Waals surface area (Å²) in [7, 11) is -2.48. The molecule has 0 aromatic rings. The van der Waals surface area contributed by atoms with E-state index in [4.69, 9.17) is 9.05 Å². The summed E-state index contributed by atoms with van der Waals surface area (Å²) in [6.45, 7) is 12.8. The first-order valence-corrected chi connectivity index (χ1v) is 16.4. The first kappa shape index (κ1) is 34.1. The molecule has 0 heterocycles. The molecule has 0 aliphatic rings. The van der Waals surface area contributed by atoms with Gasteiger partial charge in [0, 0.05) is 0 Å². The molecule has 34 heavy (non-hydrogen) atoms. The van der Waals surface area contributed by atoms with Gasteiger partial charge in [0.2, 0.25) is 0 Å². The molecule has 0 aliphatic heterocycles. The molecule has 0 spiro atoms. The highest BCUT2D eigenvalue weighted by molar-refractivity contribution is 7.33. The van der Waals surface area contributed by atoms with Crippen molar-refractivity contribution in [2.75, 3.05) is 0 Å². The Kier molecular flexibility index (Phi) is 22.5. The minimum atomic E-state index is -2.48. The van der Waals surface area contributed by atoms with Crippen molar-refractivity contribution in [3.05, 3.63) is 0 Å². The average molecular weight is 503 g/mol. The summed E-state index contributed by atoms with van der Waals surface area (Å²) in [6.07, 6.45) is 28.5. The second-order valence-corrected chi connectivity index (χ2v) is 12.7. The van der Waals surface area contributed by atoms with Crippen molar-refractivity contribution in [1.29, 1.82) is 0 Å². The van der Waals surface area contributed by atoms with Gasteiger partial charge in [-0.25, -0.2) is 0 Å². The van der Waals surface area contributed by atoms with Crippen LogP contribution in [0.25, 0.3) is 0 Å². The Hall–Kier alpha value is 0.150. The zero-order valence-electron chi connectivity index (χ0n) is 24.3. The fourth-order valence-electron chi connectivity index (χ4n) is 4.65. The van der Waals surface area contributed by atoms with E-state index in [-0.39, 0.29) is 11.2 Å². The summed E-state index contributed by atoms with van der Waals surface area (Å²) in [5, 5.41) is 0. The smallest absolute Gasteiger partial charge is 0.305 e. The summed E-state index contributed by atoms with van der Waals surface area (Å²) in [6, 6.07) is 0. The lowest BCUT2D eigenvalue weighted by Crippen LogP contribution is -2.25. The van der Waals surface area contributed by atoms with Crippen LogP contribution in [0.2, 0.25) is 0 Å². The van der Waals surface area contributed by atoms with Gasteiger partial charge in [0.1, 0.15) is 0 Å². The van der Waals surface area contributed by atoms with Gasteiger partial charge in [0.25, 0.3) is 0 Å². The Bertz CT molecular complexity index is 422. The molecule has 0 radical (unpaired) electrons. The molecule has 0 atom stereocenters. The fourth-order valence-corrected chi connectivity index (χ4v) is 5.80. The van der Waals surface area contributed by atoms with Crippen LogP contribution in [-0.2, 0) is 13.6 Å². The van der Waals surface area contributed by atoms with Crippen molar-refractivity contribution >= 4 is 8.25 Å². The van der Waals surface area contributed by atoms with Crippen molar-refractivity contribution in [3.8, 4) is 0 Å². The number of hydrogen-bond donors (Lipinski definition) is 0. The highest BCUT2D eigenvalue weighted by Gasteiger charge is 2.26. The molecule has 206 valence electrons. The molecule has 0 saturated carbocycles. The van der Waals surface area contributed by atoms with E-state index in [0.717, 1.165) is 25.7 Å². The zero-order chi connectivity index (χ0) is 25.5. The maximum Gasteiger partial charge on any atom is 0.320 e. The minimum absolute atomic E-state index is 0.372. The van der Waals surface area contributed by atoms with Crippen LogP contribution in [0.15, 0.2) is 0 Å². The Morgan fingerprint density at radius 1 is 0.441 bits per heavy atom. The van der Waals surface area contributed by atoms with Crippen LogP contribution in [0.1, 0.15) is 183 Å². The van der Waals surface area contributed by atoms with Crippen molar-refractivity contribution < 1.29 is 13.6 Å². The van der Waals surface area contributed by atoms with E-state index in [1.165, 1.54) is 116 Å². The summed E-state index contributed by atoms with van der Waals surface area (Å²) < 4.78 is 24.3. The van der Waals surface area contributed by atoms with Gasteiger partial charge in [-0.15, -0.1) is 0 Å². The van der Waals surface area contributed by atoms with E-state index < -0.39 is 8.25 Å². The van der Waals surface area contributed by atoms with Crippen LogP contribution >= 0.6 is 8.25 Å². The third kappa shape index (κ3) is 23.9. The maximum absolute atomic E-state index is 12.6. The topological polar surface area (TPSA) is 35.5 Å². The molecule has 0 aromatic heterocycles. The normalized spacial score (nSPS) is 12.7. The number of unbranched alkanes of at least 4 members (excludes halogenated alkanes) is 18. The zero-order valence-corrected chi connectivity index (χ0v) is 25.3. The van der Waals surface area contributed by atoms with Gasteiger partial charge >= 0.3 is 8.25 Å². The van der Waals surface area contributed by atoms with E-state index >= 15 is 0 Å². The van der Waals surface area contributed by atoms with Crippen LogP contribution < -0.4 is 0 Å². The molecular weight excluding hydrogens is 439 g/mol. The molecule has 0 aliphatic carbocycles. The summed E-state index contributed by atoms with van der Waals surface area (Å²) >= 11 is 0. The lowest BCUT2D eigenvalue weighted by atomic mass is 9.99. The van der Waals surface area contributed by atoms with Crippen LogP contribution in [0.5, 0.6) is 0 Å². The third-order valence-electron chi connectivity index (χ3n) is 6.98. The molecule has 0 rings (SSSR count). The highest BCUT2D eigenvalue weighted by Crippen LogP contribution is 2.39. The second-order valence-electron chi connectivity index (χ2n) is 11.8. The quantitative estimate of drug-likeness (QED) is 0.0871. The van der Waals surface area contributed by atoms with E-state index in [0.29, 0.717) is 0 Å². The predicted octanol–water partition coefficient (Wildman–Crippen LogP) is 11.6. The molecular formula is C30H63O3P. The van der Waals surface area contributed by atoms with Crippen molar-refractivity contribution in [1.82, 2.24) is 0 Å². The van der Waals surface area contributed by atoms with Gasteiger partial charge in [0.15, 0.2) is 0 Å². The van der Waals surface area contributed by atoms with E-state index in [9.17, 15) is 4.57 Å². The number of hydrogen-bond acceptors (Lipinski definition) is 3. The Morgan fingerprint density at radius 2 is 0.676 bits per heavy atom. The van der Waals surface area contributed by atoms with E-state index in [1.807, 2.05) is 0 Å². The van der Waals surface area contributed by atoms with Crippen molar-refractivity contribution in [3.63, 3.8) is 0 Å². The average Bonchev–Trinajstić information content (AvgIpc) is 2.75. The van der Waals surface area contributed by atoms with Crippen LogP contribution in [-0.4, -0.2) is 11.2 Å². The lowest BCUT2D eigenvalue weighted by molar-refractivity contribution is 0.0350. The second kappa shape index (κ2) is 22.4. The molecule has 0 N–H and O–H groups in total. The monoisotopic (exact) mass is 502 g/mol. The Labute approximate surface area is 215 Å². The van der Waals surface area contributed by atoms with Gasteiger partial charge in [-0.1, -0.05) is 142 Å². The summed E-state index contributed by atoms with van der Waals surface area (Å²) in [5.41, 5.74) is -0.743. The summed E-state index contributed by atoms with van der Waals surface area (Å²) in [5.74, 6) is 0.